The van der Waals surface area contributed by atoms with Crippen LogP contribution in [0.1, 0.15) is 76.0 Å². The Morgan fingerprint density at radius 3 is 2.31 bits per heavy atom. The fourth-order valence-corrected chi connectivity index (χ4v) is 9.12. The van der Waals surface area contributed by atoms with Crippen LogP contribution in [0.15, 0.2) is 64.3 Å². The third-order valence-corrected chi connectivity index (χ3v) is 11.7. The molecule has 1 amide bonds. The Balaban J connectivity index is 0.00000260. The molecule has 5 N–H and O–H groups in total. The number of carbonyl (C=O) groups excluding carboxylic acids is 3. The van der Waals surface area contributed by atoms with Gasteiger partial charge >= 0.3 is 5.97 Å². The summed E-state index contributed by atoms with van der Waals surface area (Å²) in [5.41, 5.74) is -4.24. The molecule has 4 aliphatic rings. The van der Waals surface area contributed by atoms with Crippen molar-refractivity contribution in [2.24, 2.45) is 22.7 Å². The van der Waals surface area contributed by atoms with E-state index in [4.69, 9.17) is 13.9 Å². The molecule has 10 atom stereocenters. The van der Waals surface area contributed by atoms with Gasteiger partial charge in [0.2, 0.25) is 0 Å². The summed E-state index contributed by atoms with van der Waals surface area (Å²) in [5.74, 6) is -3.63. The summed E-state index contributed by atoms with van der Waals surface area (Å²) in [6, 6.07) is 10.2. The van der Waals surface area contributed by atoms with Crippen molar-refractivity contribution in [2.75, 3.05) is 6.61 Å². The maximum Gasteiger partial charge on any atom is 0.338 e. The van der Waals surface area contributed by atoms with Gasteiger partial charge < -0.3 is 39.6 Å². The molecule has 2 radical (unpaired) electrons. The number of Topliss-reactive ketones (excluding diaryl/α,β-unsaturated/α-hetero) is 1. The molecule has 3 fully saturated rings. The molecule has 48 heavy (non-hydrogen) atoms. The molecule has 1 aromatic carbocycles. The number of benzene rings is 1. The van der Waals surface area contributed by atoms with Crippen molar-refractivity contribution < 1.29 is 137 Å². The number of esters is 1. The van der Waals surface area contributed by atoms with E-state index in [9.17, 15) is 34.8 Å². The molecule has 1 aromatic heterocycles. The Labute approximate surface area is 351 Å². The first-order valence-electron chi connectivity index (χ1n) is 15.9. The van der Waals surface area contributed by atoms with Crippen LogP contribution in [0.3, 0.4) is 0 Å². The number of nitrogens with one attached hydrogen (secondary N) is 1. The van der Waals surface area contributed by atoms with Gasteiger partial charge in [0.15, 0.2) is 17.6 Å². The fraction of sp³-hybridized carbons (Fsp3) is 0.571. The number of amides is 1. The molecule has 8 unspecified atom stereocenters. The van der Waals surface area contributed by atoms with E-state index in [0.29, 0.717) is 24.0 Å². The van der Waals surface area contributed by atoms with Crippen LogP contribution in [0.5, 0.6) is 0 Å². The van der Waals surface area contributed by atoms with Gasteiger partial charge in [0.1, 0.15) is 17.8 Å². The Bertz CT molecular complexity index is 1560. The first-order chi connectivity index (χ1) is 21.6. The number of aliphatic hydroxyl groups is 4. The third kappa shape index (κ3) is 6.22. The summed E-state index contributed by atoms with van der Waals surface area (Å²) in [6.07, 6.45) is -3.07. The predicted molar refractivity (Wildman–Crippen MR) is 163 cm³/mol. The largest absolute Gasteiger partial charge is 0.459 e. The second-order valence-corrected chi connectivity index (χ2v) is 14.3. The van der Waals surface area contributed by atoms with Gasteiger partial charge in [0, 0.05) is 111 Å². The minimum Gasteiger partial charge on any atom is -0.459 e. The zero-order chi connectivity index (χ0) is 33.4. The van der Waals surface area contributed by atoms with Crippen LogP contribution in [0.25, 0.3) is 0 Å². The number of furan rings is 1. The van der Waals surface area contributed by atoms with E-state index in [1.807, 2.05) is 0 Å². The molecule has 13 heteroatoms. The first-order valence-corrected chi connectivity index (χ1v) is 15.9. The number of rotatable bonds is 6. The zero-order valence-corrected chi connectivity index (χ0v) is 37.4. The van der Waals surface area contributed by atoms with Gasteiger partial charge in [-0.05, 0) is 54.5 Å². The van der Waals surface area contributed by atoms with E-state index in [1.165, 1.54) is 18.4 Å². The molecule has 2 heterocycles. The minimum absolute atomic E-state index is 0. The molecule has 1 aliphatic heterocycles. The summed E-state index contributed by atoms with van der Waals surface area (Å²) in [5, 5.41) is 50.4. The topological polar surface area (TPSA) is 176 Å². The Morgan fingerprint density at radius 1 is 1.06 bits per heavy atom. The SMILES string of the molecule is CC1=C2C(O)C(=O)[C@]3(C)CCC4OCC4(O)C3[C@H](C)C(O)(CC1OC(=O)C(O)C(NC(=O)c1ccco1)c1ccccc1)C2(C)C.[Ac].[Ac]. The van der Waals surface area contributed by atoms with Crippen LogP contribution in [0.4, 0.5) is 0 Å². The van der Waals surface area contributed by atoms with Gasteiger partial charge in [-0.25, -0.2) is 4.79 Å². The van der Waals surface area contributed by atoms with Crippen molar-refractivity contribution in [1.82, 2.24) is 5.32 Å². The smallest absolute Gasteiger partial charge is 0.338 e. The Kier molecular flexibility index (Phi) is 12.2. The van der Waals surface area contributed by atoms with Crippen LogP contribution in [0.2, 0.25) is 0 Å². The normalized spacial score (nSPS) is 36.3. The van der Waals surface area contributed by atoms with E-state index >= 15 is 0 Å². The second-order valence-electron chi connectivity index (χ2n) is 14.3. The average Bonchev–Trinajstić information content (AvgIpc) is 3.56. The molecule has 11 nitrogen and oxygen atoms in total. The Hall–Kier alpha value is -0.467. The van der Waals surface area contributed by atoms with Crippen molar-refractivity contribution >= 4 is 17.7 Å². The van der Waals surface area contributed by atoms with Crippen LogP contribution in [-0.2, 0) is 19.1 Å². The molecule has 2 saturated carbocycles. The Morgan fingerprint density at radius 2 is 1.73 bits per heavy atom. The summed E-state index contributed by atoms with van der Waals surface area (Å²) in [7, 11) is 0. The van der Waals surface area contributed by atoms with Crippen molar-refractivity contribution in [3.63, 3.8) is 0 Å². The molecule has 3 aliphatic carbocycles. The molecule has 2 aromatic rings. The van der Waals surface area contributed by atoms with Crippen molar-refractivity contribution in [1.29, 1.82) is 0 Å². The first kappa shape index (κ1) is 40.3. The number of ether oxygens (including phenoxy) is 2. The molecule has 2 bridgehead atoms. The molecule has 0 spiro atoms. The summed E-state index contributed by atoms with van der Waals surface area (Å²) in [4.78, 5) is 40.8. The number of hydrogen-bond acceptors (Lipinski definition) is 10. The fourth-order valence-electron chi connectivity index (χ4n) is 9.12. The van der Waals surface area contributed by atoms with Gasteiger partial charge in [-0.1, -0.05) is 58.0 Å². The van der Waals surface area contributed by atoms with Crippen molar-refractivity contribution in [3.8, 4) is 0 Å². The van der Waals surface area contributed by atoms with Crippen molar-refractivity contribution in [3.05, 3.63) is 71.2 Å². The predicted octanol–water partition coefficient (Wildman–Crippen LogP) is 2.63. The van der Waals surface area contributed by atoms with Crippen molar-refractivity contribution in [2.45, 2.75) is 95.5 Å². The number of aliphatic hydroxyl groups excluding tert-OH is 2. The number of ketones is 1. The summed E-state index contributed by atoms with van der Waals surface area (Å²) >= 11 is 0. The van der Waals surface area contributed by atoms with Gasteiger partial charge in [-0.15, -0.1) is 0 Å². The van der Waals surface area contributed by atoms with E-state index in [2.05, 4.69) is 5.32 Å². The molecular formula is C35H43Ac2NO10. The van der Waals surface area contributed by atoms with E-state index in [-0.39, 0.29) is 112 Å². The number of fused-ring (bicyclic) bond motifs is 5. The van der Waals surface area contributed by atoms with Gasteiger partial charge in [0.25, 0.3) is 5.91 Å². The molecule has 1 saturated heterocycles. The van der Waals surface area contributed by atoms with E-state index < -0.39 is 82.0 Å². The van der Waals surface area contributed by atoms with Crippen LogP contribution in [-0.4, -0.2) is 80.3 Å². The van der Waals surface area contributed by atoms with E-state index in [0.717, 1.165) is 0 Å². The molecular weight excluding hydrogens is 1050 g/mol. The monoisotopic (exact) mass is 1090 g/mol. The summed E-state index contributed by atoms with van der Waals surface area (Å²) in [6.45, 7) is 8.74. The minimum atomic E-state index is -1.87. The van der Waals surface area contributed by atoms with E-state index in [1.54, 1.807) is 65.0 Å². The van der Waals surface area contributed by atoms with Gasteiger partial charge in [-0.3, -0.25) is 9.59 Å². The van der Waals surface area contributed by atoms with Crippen LogP contribution >= 0.6 is 0 Å². The standard InChI is InChI=1S/C35H43NO10.2Ac/c1-18-22(46-31(41)27(38)25(20-10-7-6-8-11-20)36-30(40)21-12-9-15-44-21)16-35(43)19(2)28-33(5,14-13-23-34(28,42)17-45-23)29(39)26(37)24(18)32(35,3)4;;/h6-12,15,19,22-23,25-28,37-38,42-43H,13-14,16-17H2,1-5H3,(H,36,40);;/t19-,22?,23?,25?,26?,27?,28?,33+,34?,35?;;/m0../s1. The quantitative estimate of drug-likeness (QED) is 0.214. The number of carbonyl (C=O) groups is 3. The molecule has 6 rings (SSSR count). The summed E-state index contributed by atoms with van der Waals surface area (Å²) < 4.78 is 16.8. The van der Waals surface area contributed by atoms with Crippen LogP contribution in [0, 0.1) is 111 Å². The van der Waals surface area contributed by atoms with Crippen LogP contribution < -0.4 is 5.32 Å². The second kappa shape index (κ2) is 14.5. The zero-order valence-electron chi connectivity index (χ0n) is 27.9. The maximum absolute atomic E-state index is 14.2. The van der Waals surface area contributed by atoms with Gasteiger partial charge in [-0.2, -0.15) is 0 Å². The maximum atomic E-state index is 14.2. The average molecular weight is 1090 g/mol. The third-order valence-electron chi connectivity index (χ3n) is 11.7. The van der Waals surface area contributed by atoms with Gasteiger partial charge in [0.05, 0.1) is 30.6 Å². The number of hydrogen-bond donors (Lipinski definition) is 5. The molecule has 254 valence electrons.